The van der Waals surface area contributed by atoms with Gasteiger partial charge >= 0.3 is 0 Å². The van der Waals surface area contributed by atoms with Crippen LogP contribution in [-0.4, -0.2) is 17.2 Å². The minimum atomic E-state index is -1.62. The van der Waals surface area contributed by atoms with Gasteiger partial charge in [-0.25, -0.2) is 0 Å². The second kappa shape index (κ2) is 7.85. The normalized spacial score (nSPS) is 28.3. The van der Waals surface area contributed by atoms with E-state index >= 15 is 4.79 Å². The molecule has 3 aliphatic heterocycles. The van der Waals surface area contributed by atoms with Crippen molar-refractivity contribution in [3.05, 3.63) is 87.5 Å². The summed E-state index contributed by atoms with van der Waals surface area (Å²) in [7, 11) is 0. The van der Waals surface area contributed by atoms with Crippen LogP contribution in [0.1, 0.15) is 83.1 Å². The van der Waals surface area contributed by atoms with Gasteiger partial charge in [-0.15, -0.1) is 0 Å². The third kappa shape index (κ3) is 3.13. The van der Waals surface area contributed by atoms with Crippen molar-refractivity contribution in [2.75, 3.05) is 4.90 Å². The molecule has 2 aromatic carbocycles. The van der Waals surface area contributed by atoms with Gasteiger partial charge in [-0.1, -0.05) is 70.2 Å². The molecule has 2 atom stereocenters. The number of hydrogen-bond donors (Lipinski definition) is 1. The van der Waals surface area contributed by atoms with Crippen molar-refractivity contribution in [3.8, 4) is 6.07 Å². The number of nitriles is 1. The number of rotatable bonds is 2. The van der Waals surface area contributed by atoms with E-state index in [0.29, 0.717) is 29.7 Å². The molecule has 39 heavy (non-hydrogen) atoms. The highest BCUT2D eigenvalue weighted by atomic mass is 16.5. The molecule has 0 aromatic heterocycles. The summed E-state index contributed by atoms with van der Waals surface area (Å²) in [5.74, 6) is -0.112. The Kier molecular flexibility index (Phi) is 5.12. The standard InChI is InChI=1S/C33H35N3O3/c1-7-19-13-21-27-22(14-19)33(23(17-34)28(35)39-25-16-30(2,3)15-24(37)26(25)33)29(38)36(27)31(4,5)18-32(21,6)20-11-9-8-10-12-20/h8-14H,7,15-16,18,35H2,1-6H3/t32-,33-/m0/s1. The van der Waals surface area contributed by atoms with Crippen molar-refractivity contribution in [3.63, 3.8) is 0 Å². The monoisotopic (exact) mass is 521 g/mol. The van der Waals surface area contributed by atoms with Crippen LogP contribution in [-0.2, 0) is 31.6 Å². The molecule has 6 rings (SSSR count). The van der Waals surface area contributed by atoms with Gasteiger partial charge in [0.2, 0.25) is 11.8 Å². The van der Waals surface area contributed by atoms with E-state index in [2.05, 4.69) is 52.0 Å². The van der Waals surface area contributed by atoms with E-state index in [1.807, 2.05) is 43.0 Å². The second-order valence-electron chi connectivity index (χ2n) is 13.2. The number of nitrogens with two attached hydrogens (primary N) is 1. The quantitative estimate of drug-likeness (QED) is 0.548. The van der Waals surface area contributed by atoms with Crippen LogP contribution in [0, 0.1) is 16.7 Å². The van der Waals surface area contributed by atoms with Gasteiger partial charge in [0.15, 0.2) is 5.78 Å². The Balaban J connectivity index is 1.77. The molecule has 0 radical (unpaired) electrons. The number of benzene rings is 2. The van der Waals surface area contributed by atoms with Gasteiger partial charge in [0.25, 0.3) is 0 Å². The lowest BCUT2D eigenvalue weighted by Crippen LogP contribution is -2.58. The number of ether oxygens (including phenoxy) is 1. The summed E-state index contributed by atoms with van der Waals surface area (Å²) < 4.78 is 6.01. The van der Waals surface area contributed by atoms with Gasteiger partial charge < -0.3 is 15.4 Å². The molecule has 6 nitrogen and oxygen atoms in total. The van der Waals surface area contributed by atoms with Crippen LogP contribution in [0.5, 0.6) is 0 Å². The number of anilines is 1. The number of Topliss-reactive ketones (excluding diaryl/α,β-unsaturated/α-hetero) is 1. The predicted octanol–water partition coefficient (Wildman–Crippen LogP) is 5.69. The number of nitrogens with zero attached hydrogens (tertiary/aromatic N) is 2. The summed E-state index contributed by atoms with van der Waals surface area (Å²) >= 11 is 0. The van der Waals surface area contributed by atoms with E-state index in [1.165, 1.54) is 5.56 Å². The fraction of sp³-hybridized carbons (Fsp3) is 0.424. The number of carbonyl (C=O) groups is 2. The predicted molar refractivity (Wildman–Crippen MR) is 150 cm³/mol. The average molecular weight is 522 g/mol. The smallest absolute Gasteiger partial charge is 0.248 e. The van der Waals surface area contributed by atoms with Crippen LogP contribution >= 0.6 is 0 Å². The van der Waals surface area contributed by atoms with Crippen LogP contribution in [0.2, 0.25) is 0 Å². The summed E-state index contributed by atoms with van der Waals surface area (Å²) in [6, 6.07) is 16.9. The topological polar surface area (TPSA) is 96.4 Å². The van der Waals surface area contributed by atoms with Crippen molar-refractivity contribution in [2.45, 2.75) is 83.6 Å². The summed E-state index contributed by atoms with van der Waals surface area (Å²) in [5.41, 5.74) is 8.52. The first-order valence-electron chi connectivity index (χ1n) is 13.7. The number of allylic oxidation sites excluding steroid dienone is 1. The van der Waals surface area contributed by atoms with Crippen molar-refractivity contribution >= 4 is 17.4 Å². The Morgan fingerprint density at radius 3 is 2.33 bits per heavy atom. The zero-order valence-electron chi connectivity index (χ0n) is 23.6. The minimum absolute atomic E-state index is 0.0152. The lowest BCUT2D eigenvalue weighted by molar-refractivity contribution is -0.126. The maximum absolute atomic E-state index is 15.0. The Bertz CT molecular complexity index is 1570. The maximum atomic E-state index is 15.0. The molecule has 1 spiro atoms. The Morgan fingerprint density at radius 1 is 1.03 bits per heavy atom. The number of hydrogen-bond acceptors (Lipinski definition) is 5. The van der Waals surface area contributed by atoms with E-state index < -0.39 is 16.4 Å². The number of ketones is 1. The van der Waals surface area contributed by atoms with Gasteiger partial charge in [-0.05, 0) is 48.8 Å². The molecule has 1 amide bonds. The van der Waals surface area contributed by atoms with Crippen molar-refractivity contribution < 1.29 is 14.3 Å². The Hall–Kier alpha value is -3.85. The fourth-order valence-corrected chi connectivity index (χ4v) is 7.80. The van der Waals surface area contributed by atoms with Gasteiger partial charge in [0.1, 0.15) is 22.8 Å². The van der Waals surface area contributed by atoms with Crippen molar-refractivity contribution in [2.24, 2.45) is 11.1 Å². The summed E-state index contributed by atoms with van der Waals surface area (Å²) in [6.07, 6.45) is 2.14. The molecule has 0 saturated heterocycles. The first-order valence-corrected chi connectivity index (χ1v) is 13.7. The molecule has 6 heteroatoms. The van der Waals surface area contributed by atoms with Gasteiger partial charge in [-0.3, -0.25) is 9.59 Å². The molecule has 2 aromatic rings. The first kappa shape index (κ1) is 25.4. The number of amides is 1. The first-order chi connectivity index (χ1) is 18.3. The van der Waals surface area contributed by atoms with Crippen molar-refractivity contribution in [1.82, 2.24) is 0 Å². The molecular formula is C33H35N3O3. The van der Waals surface area contributed by atoms with Gasteiger partial charge in [0.05, 0.1) is 11.3 Å². The van der Waals surface area contributed by atoms with E-state index in [1.54, 1.807) is 0 Å². The molecule has 2 N–H and O–H groups in total. The number of fused-ring (bicyclic) bond motifs is 2. The molecule has 3 heterocycles. The zero-order valence-corrected chi connectivity index (χ0v) is 23.6. The van der Waals surface area contributed by atoms with E-state index in [0.717, 1.165) is 23.2 Å². The fourth-order valence-electron chi connectivity index (χ4n) is 7.80. The highest BCUT2D eigenvalue weighted by molar-refractivity contribution is 6.21. The largest absolute Gasteiger partial charge is 0.444 e. The molecule has 1 aliphatic carbocycles. The van der Waals surface area contributed by atoms with Crippen LogP contribution in [0.15, 0.2) is 65.3 Å². The lowest BCUT2D eigenvalue weighted by Gasteiger charge is -2.50. The van der Waals surface area contributed by atoms with E-state index in [4.69, 9.17) is 10.5 Å². The van der Waals surface area contributed by atoms with Gasteiger partial charge in [-0.2, -0.15) is 5.26 Å². The summed E-state index contributed by atoms with van der Waals surface area (Å²) in [6.45, 7) is 12.5. The highest BCUT2D eigenvalue weighted by Crippen LogP contribution is 2.63. The van der Waals surface area contributed by atoms with Crippen LogP contribution in [0.4, 0.5) is 5.69 Å². The third-order valence-electron chi connectivity index (χ3n) is 9.30. The van der Waals surface area contributed by atoms with Gasteiger partial charge in [0, 0.05) is 29.4 Å². The SMILES string of the molecule is CCc1cc2c3c(c1)[C@](C)(c1ccccc1)CC(C)(C)N3C(=O)[C@]21C(C#N)=C(N)OC2=C1C(=O)CC(C)(C)C2. The maximum Gasteiger partial charge on any atom is 0.248 e. The average Bonchev–Trinajstić information content (AvgIpc) is 3.11. The Morgan fingerprint density at radius 2 is 1.69 bits per heavy atom. The molecular weight excluding hydrogens is 486 g/mol. The minimum Gasteiger partial charge on any atom is -0.444 e. The molecule has 0 bridgehead atoms. The summed E-state index contributed by atoms with van der Waals surface area (Å²) in [5, 5.41) is 10.5. The number of aryl methyl sites for hydroxylation is 1. The zero-order chi connectivity index (χ0) is 28.1. The third-order valence-corrected chi connectivity index (χ3v) is 9.30. The highest BCUT2D eigenvalue weighted by Gasteiger charge is 2.67. The number of carbonyl (C=O) groups excluding carboxylic acids is 2. The van der Waals surface area contributed by atoms with Crippen LogP contribution < -0.4 is 10.6 Å². The molecule has 200 valence electrons. The molecule has 0 unspecified atom stereocenters. The van der Waals surface area contributed by atoms with E-state index in [9.17, 15) is 10.1 Å². The van der Waals surface area contributed by atoms with E-state index in [-0.39, 0.29) is 35.0 Å². The molecule has 0 saturated carbocycles. The molecule has 4 aliphatic rings. The Labute approximate surface area is 230 Å². The molecule has 0 fully saturated rings. The van der Waals surface area contributed by atoms with Crippen molar-refractivity contribution in [1.29, 1.82) is 5.26 Å². The van der Waals surface area contributed by atoms with Crippen LogP contribution in [0.25, 0.3) is 0 Å². The van der Waals surface area contributed by atoms with Crippen LogP contribution in [0.3, 0.4) is 0 Å². The second-order valence-corrected chi connectivity index (χ2v) is 13.2. The lowest BCUT2D eigenvalue weighted by atomic mass is 9.61. The summed E-state index contributed by atoms with van der Waals surface area (Å²) in [4.78, 5) is 30.9.